The molecule has 0 saturated carbocycles. The number of thioether (sulfide) groups is 1. The summed E-state index contributed by atoms with van der Waals surface area (Å²) in [4.78, 5) is 28.0. The number of nitrogens with zero attached hydrogens (tertiary/aromatic N) is 2. The predicted molar refractivity (Wildman–Crippen MR) is 87.7 cm³/mol. The third kappa shape index (κ3) is 2.92. The van der Waals surface area contributed by atoms with E-state index in [0.29, 0.717) is 10.7 Å². The molecule has 0 atom stereocenters. The molecule has 2 aliphatic rings. The molecule has 2 saturated heterocycles. The van der Waals surface area contributed by atoms with Crippen LogP contribution in [0.15, 0.2) is 21.5 Å². The monoisotopic (exact) mass is 320 g/mol. The van der Waals surface area contributed by atoms with Gasteiger partial charge in [0.05, 0.1) is 4.91 Å². The highest BCUT2D eigenvalue weighted by atomic mass is 32.2. The lowest BCUT2D eigenvalue weighted by Gasteiger charge is -2.25. The van der Waals surface area contributed by atoms with E-state index in [4.69, 9.17) is 4.42 Å². The number of imide groups is 1. The average molecular weight is 320 g/mol. The zero-order valence-electron chi connectivity index (χ0n) is 12.9. The average Bonchev–Trinajstić information content (AvgIpc) is 3.06. The van der Waals surface area contributed by atoms with Crippen LogP contribution in [0.4, 0.5) is 10.7 Å². The fraction of sp³-hybridized carbons (Fsp3) is 0.500. The Balaban J connectivity index is 1.77. The molecule has 5 nitrogen and oxygen atoms in total. The fourth-order valence-electron chi connectivity index (χ4n) is 2.76. The lowest BCUT2D eigenvalue weighted by molar-refractivity contribution is -0.123. The van der Waals surface area contributed by atoms with Gasteiger partial charge >= 0.3 is 0 Å². The molecule has 3 heterocycles. The van der Waals surface area contributed by atoms with E-state index in [9.17, 15) is 9.59 Å². The maximum atomic E-state index is 12.2. The lowest BCUT2D eigenvalue weighted by atomic mass is 10.1. The number of amides is 2. The zero-order chi connectivity index (χ0) is 15.7. The molecular formula is C16H20N2O3S. The standard InChI is InChI=1S/C16H20N2O3S/c1-11(2)18-15(19)13(22-16(18)20)10-12-6-7-14(21-12)17-8-4-3-5-9-17/h6-7,10-11H,3-5,8-9H2,1-2H3/b13-10-. The van der Waals surface area contributed by atoms with Gasteiger partial charge in [0.25, 0.3) is 11.1 Å². The summed E-state index contributed by atoms with van der Waals surface area (Å²) in [7, 11) is 0. The van der Waals surface area contributed by atoms with E-state index >= 15 is 0 Å². The Morgan fingerprint density at radius 2 is 1.91 bits per heavy atom. The number of carbonyl (C=O) groups is 2. The summed E-state index contributed by atoms with van der Waals surface area (Å²) in [6.45, 7) is 5.69. The van der Waals surface area contributed by atoms with Crippen molar-refractivity contribution in [2.75, 3.05) is 18.0 Å². The van der Waals surface area contributed by atoms with Crippen molar-refractivity contribution >= 4 is 34.9 Å². The van der Waals surface area contributed by atoms with Gasteiger partial charge in [-0.25, -0.2) is 0 Å². The molecule has 6 heteroatoms. The Morgan fingerprint density at radius 3 is 2.55 bits per heavy atom. The highest BCUT2D eigenvalue weighted by Gasteiger charge is 2.36. The van der Waals surface area contributed by atoms with Gasteiger partial charge in [-0.2, -0.15) is 0 Å². The minimum absolute atomic E-state index is 0.126. The fourth-order valence-corrected chi connectivity index (χ4v) is 3.70. The molecule has 0 bridgehead atoms. The van der Waals surface area contributed by atoms with Crippen molar-refractivity contribution in [3.8, 4) is 0 Å². The largest absolute Gasteiger partial charge is 0.441 e. The Hall–Kier alpha value is -1.69. The molecule has 0 aliphatic carbocycles. The van der Waals surface area contributed by atoms with Crippen molar-refractivity contribution in [2.24, 2.45) is 0 Å². The number of anilines is 1. The first kappa shape index (κ1) is 15.2. The number of hydrogen-bond donors (Lipinski definition) is 0. The Labute approximate surface area is 134 Å². The SMILES string of the molecule is CC(C)N1C(=O)S/C(=C\c2ccc(N3CCCCC3)o2)C1=O. The summed E-state index contributed by atoms with van der Waals surface area (Å²) in [5, 5.41) is -0.214. The number of hydrogen-bond acceptors (Lipinski definition) is 5. The second-order valence-corrected chi connectivity index (χ2v) is 6.86. The number of furan rings is 1. The molecule has 0 spiro atoms. The van der Waals surface area contributed by atoms with Gasteiger partial charge in [0.1, 0.15) is 5.76 Å². The van der Waals surface area contributed by atoms with Crippen LogP contribution in [0, 0.1) is 0 Å². The summed E-state index contributed by atoms with van der Waals surface area (Å²) in [5.74, 6) is 1.23. The maximum Gasteiger partial charge on any atom is 0.293 e. The van der Waals surface area contributed by atoms with E-state index in [-0.39, 0.29) is 17.2 Å². The van der Waals surface area contributed by atoms with E-state index in [1.54, 1.807) is 6.08 Å². The maximum absolute atomic E-state index is 12.2. The molecule has 22 heavy (non-hydrogen) atoms. The molecule has 0 radical (unpaired) electrons. The van der Waals surface area contributed by atoms with E-state index in [1.165, 1.54) is 24.2 Å². The number of rotatable bonds is 3. The van der Waals surface area contributed by atoms with Crippen LogP contribution in [0.25, 0.3) is 6.08 Å². The molecular weight excluding hydrogens is 300 g/mol. The highest BCUT2D eigenvalue weighted by molar-refractivity contribution is 8.18. The van der Waals surface area contributed by atoms with Gasteiger partial charge in [-0.1, -0.05) is 0 Å². The molecule has 0 aromatic carbocycles. The van der Waals surface area contributed by atoms with Crippen molar-refractivity contribution in [1.82, 2.24) is 4.90 Å². The molecule has 2 amide bonds. The van der Waals surface area contributed by atoms with Crippen molar-refractivity contribution < 1.29 is 14.0 Å². The lowest BCUT2D eigenvalue weighted by Crippen LogP contribution is -2.34. The normalized spacial score (nSPS) is 21.5. The molecule has 118 valence electrons. The van der Waals surface area contributed by atoms with Crippen LogP contribution in [0.3, 0.4) is 0 Å². The molecule has 3 rings (SSSR count). The van der Waals surface area contributed by atoms with E-state index < -0.39 is 0 Å². The van der Waals surface area contributed by atoms with Crippen LogP contribution in [-0.4, -0.2) is 35.2 Å². The van der Waals surface area contributed by atoms with Crippen LogP contribution in [-0.2, 0) is 4.79 Å². The third-order valence-electron chi connectivity index (χ3n) is 3.89. The summed E-state index contributed by atoms with van der Waals surface area (Å²) >= 11 is 0.975. The summed E-state index contributed by atoms with van der Waals surface area (Å²) in [6, 6.07) is 3.66. The van der Waals surface area contributed by atoms with E-state index in [1.807, 2.05) is 26.0 Å². The van der Waals surface area contributed by atoms with Crippen molar-refractivity contribution in [3.05, 3.63) is 22.8 Å². The third-order valence-corrected chi connectivity index (χ3v) is 4.78. The van der Waals surface area contributed by atoms with Gasteiger partial charge in [-0.15, -0.1) is 0 Å². The minimum Gasteiger partial charge on any atom is -0.441 e. The topological polar surface area (TPSA) is 53.8 Å². The first-order chi connectivity index (χ1) is 10.6. The molecule has 1 aromatic heterocycles. The molecule has 2 fully saturated rings. The smallest absolute Gasteiger partial charge is 0.293 e. The molecule has 2 aliphatic heterocycles. The second kappa shape index (κ2) is 6.20. The zero-order valence-corrected chi connectivity index (χ0v) is 13.7. The van der Waals surface area contributed by atoms with E-state index in [2.05, 4.69) is 4.90 Å². The van der Waals surface area contributed by atoms with Gasteiger partial charge < -0.3 is 9.32 Å². The summed E-state index contributed by atoms with van der Waals surface area (Å²) < 4.78 is 5.82. The quantitative estimate of drug-likeness (QED) is 0.795. The van der Waals surface area contributed by atoms with Crippen LogP contribution in [0.1, 0.15) is 38.9 Å². The minimum atomic E-state index is -0.235. The van der Waals surface area contributed by atoms with Gasteiger partial charge in [0, 0.05) is 31.3 Å². The van der Waals surface area contributed by atoms with Crippen LogP contribution in [0.2, 0.25) is 0 Å². The van der Waals surface area contributed by atoms with Crippen molar-refractivity contribution in [3.63, 3.8) is 0 Å². The van der Waals surface area contributed by atoms with Gasteiger partial charge in [-0.3, -0.25) is 14.5 Å². The first-order valence-corrected chi connectivity index (χ1v) is 8.50. The Kier molecular flexibility index (Phi) is 4.29. The Bertz CT molecular complexity index is 615. The first-order valence-electron chi connectivity index (χ1n) is 7.68. The second-order valence-electron chi connectivity index (χ2n) is 5.87. The molecule has 0 unspecified atom stereocenters. The number of carbonyl (C=O) groups excluding carboxylic acids is 2. The van der Waals surface area contributed by atoms with E-state index in [0.717, 1.165) is 30.7 Å². The number of piperidine rings is 1. The van der Waals surface area contributed by atoms with Gasteiger partial charge in [-0.05, 0) is 50.9 Å². The van der Waals surface area contributed by atoms with Crippen LogP contribution in [0.5, 0.6) is 0 Å². The van der Waals surface area contributed by atoms with Crippen molar-refractivity contribution in [1.29, 1.82) is 0 Å². The summed E-state index contributed by atoms with van der Waals surface area (Å²) in [6.07, 6.45) is 5.31. The van der Waals surface area contributed by atoms with Crippen LogP contribution < -0.4 is 4.90 Å². The van der Waals surface area contributed by atoms with Crippen LogP contribution >= 0.6 is 11.8 Å². The highest BCUT2D eigenvalue weighted by Crippen LogP contribution is 2.34. The Morgan fingerprint density at radius 1 is 1.18 bits per heavy atom. The van der Waals surface area contributed by atoms with Gasteiger partial charge in [0.15, 0.2) is 5.88 Å². The predicted octanol–water partition coefficient (Wildman–Crippen LogP) is 3.71. The molecule has 0 N–H and O–H groups in total. The summed E-state index contributed by atoms with van der Waals surface area (Å²) in [5.41, 5.74) is 0. The van der Waals surface area contributed by atoms with Gasteiger partial charge in [0.2, 0.25) is 0 Å². The molecule has 1 aromatic rings. The van der Waals surface area contributed by atoms with Crippen molar-refractivity contribution in [2.45, 2.75) is 39.2 Å².